The summed E-state index contributed by atoms with van der Waals surface area (Å²) in [5.41, 5.74) is 2.57. The third-order valence-electron chi connectivity index (χ3n) is 4.33. The summed E-state index contributed by atoms with van der Waals surface area (Å²) in [6.07, 6.45) is 4.76. The number of nitrogens with one attached hydrogen (secondary N) is 1. The summed E-state index contributed by atoms with van der Waals surface area (Å²) in [7, 11) is 0. The van der Waals surface area contributed by atoms with Gasteiger partial charge >= 0.3 is 0 Å². The lowest BCUT2D eigenvalue weighted by atomic mass is 10.2. The van der Waals surface area contributed by atoms with Crippen molar-refractivity contribution in [3.63, 3.8) is 0 Å². The van der Waals surface area contributed by atoms with Crippen molar-refractivity contribution in [1.82, 2.24) is 4.98 Å². The molecule has 23 heavy (non-hydrogen) atoms. The highest BCUT2D eigenvalue weighted by molar-refractivity contribution is 7.16. The fraction of sp³-hybridized carbons (Fsp3) is 0.353. The van der Waals surface area contributed by atoms with E-state index in [1.165, 1.54) is 11.3 Å². The highest BCUT2D eigenvalue weighted by Gasteiger charge is 2.22. The first-order valence-electron chi connectivity index (χ1n) is 7.91. The molecule has 0 bridgehead atoms. The van der Waals surface area contributed by atoms with Crippen molar-refractivity contribution >= 4 is 34.0 Å². The minimum atomic E-state index is -0.156. The van der Waals surface area contributed by atoms with Gasteiger partial charge in [0.05, 0.1) is 5.69 Å². The van der Waals surface area contributed by atoms with E-state index in [-0.39, 0.29) is 11.8 Å². The topological polar surface area (TPSA) is 62.3 Å². The van der Waals surface area contributed by atoms with Crippen LogP contribution in [0.5, 0.6) is 0 Å². The Morgan fingerprint density at radius 1 is 1.13 bits per heavy atom. The van der Waals surface area contributed by atoms with Crippen molar-refractivity contribution in [3.8, 4) is 0 Å². The van der Waals surface area contributed by atoms with Crippen LogP contribution in [0.4, 0.5) is 10.8 Å². The Bertz CT molecular complexity index is 745. The lowest BCUT2D eigenvalue weighted by molar-refractivity contribution is -0.117. The quantitative estimate of drug-likeness (QED) is 0.942. The first kappa shape index (κ1) is 14.4. The monoisotopic (exact) mass is 327 g/mol. The molecule has 4 rings (SSSR count). The second-order valence-corrected chi connectivity index (χ2v) is 6.98. The summed E-state index contributed by atoms with van der Waals surface area (Å²) in [5.74, 6) is -0.00350. The number of aryl methyl sites for hydroxylation is 2. The van der Waals surface area contributed by atoms with Crippen LogP contribution in [0.15, 0.2) is 24.3 Å². The Hall–Kier alpha value is -2.21. The van der Waals surface area contributed by atoms with Gasteiger partial charge in [0.25, 0.3) is 5.91 Å². The van der Waals surface area contributed by atoms with E-state index in [1.54, 1.807) is 28.4 Å². The number of nitrogens with zero attached hydrogens (tertiary/aromatic N) is 2. The van der Waals surface area contributed by atoms with Gasteiger partial charge in [-0.2, -0.15) is 0 Å². The van der Waals surface area contributed by atoms with E-state index in [0.717, 1.165) is 37.2 Å². The summed E-state index contributed by atoms with van der Waals surface area (Å²) in [6.45, 7) is 0.759. The molecule has 0 saturated carbocycles. The zero-order valence-corrected chi connectivity index (χ0v) is 13.5. The smallest absolute Gasteiger partial charge is 0.257 e. The fourth-order valence-electron chi connectivity index (χ4n) is 3.13. The number of carbonyl (C=O) groups is 2. The van der Waals surface area contributed by atoms with Crippen molar-refractivity contribution in [2.75, 3.05) is 16.8 Å². The lowest BCUT2D eigenvalue weighted by Gasteiger charge is -2.15. The molecule has 5 nitrogen and oxygen atoms in total. The summed E-state index contributed by atoms with van der Waals surface area (Å²) < 4.78 is 0. The van der Waals surface area contributed by atoms with E-state index in [4.69, 9.17) is 0 Å². The van der Waals surface area contributed by atoms with Gasteiger partial charge in [-0.25, -0.2) is 4.98 Å². The average Bonchev–Trinajstić information content (AvgIpc) is 3.23. The predicted molar refractivity (Wildman–Crippen MR) is 90.1 cm³/mol. The van der Waals surface area contributed by atoms with E-state index in [1.807, 2.05) is 12.1 Å². The standard InChI is InChI=1S/C17H17N3O2S/c21-15-5-2-10-20(15)12-8-6-11(7-9-12)16(22)19-17-18-13-3-1-4-14(13)23-17/h6-9H,1-5,10H2,(H,18,19,22). The maximum atomic E-state index is 12.3. The van der Waals surface area contributed by atoms with Gasteiger partial charge in [0.2, 0.25) is 5.91 Å². The van der Waals surface area contributed by atoms with Crippen molar-refractivity contribution in [2.45, 2.75) is 32.1 Å². The minimum Gasteiger partial charge on any atom is -0.312 e. The number of aromatic nitrogens is 1. The molecule has 2 aromatic rings. The number of hydrogen-bond acceptors (Lipinski definition) is 4. The predicted octanol–water partition coefficient (Wildman–Crippen LogP) is 3.01. The summed E-state index contributed by atoms with van der Waals surface area (Å²) in [5, 5.41) is 3.55. The molecule has 1 saturated heterocycles. The Kier molecular flexibility index (Phi) is 3.61. The molecular weight excluding hydrogens is 310 g/mol. The zero-order valence-electron chi connectivity index (χ0n) is 12.7. The van der Waals surface area contributed by atoms with Crippen LogP contribution in [0, 0.1) is 0 Å². The highest BCUT2D eigenvalue weighted by atomic mass is 32.1. The van der Waals surface area contributed by atoms with Gasteiger partial charge in [-0.1, -0.05) is 0 Å². The normalized spacial score (nSPS) is 16.7. The number of carbonyl (C=O) groups excluding carboxylic acids is 2. The molecule has 2 amide bonds. The van der Waals surface area contributed by atoms with E-state index < -0.39 is 0 Å². The second kappa shape index (κ2) is 5.77. The third kappa shape index (κ3) is 2.74. The van der Waals surface area contributed by atoms with Gasteiger partial charge < -0.3 is 4.90 Å². The molecule has 0 spiro atoms. The SMILES string of the molecule is O=C(Nc1nc2c(s1)CCC2)c1ccc(N2CCCC2=O)cc1. The molecular formula is C17H17N3O2S. The molecule has 1 aromatic heterocycles. The fourth-order valence-corrected chi connectivity index (χ4v) is 4.17. The van der Waals surface area contributed by atoms with Crippen molar-refractivity contribution < 1.29 is 9.59 Å². The van der Waals surface area contributed by atoms with Crippen LogP contribution in [-0.4, -0.2) is 23.3 Å². The number of amides is 2. The summed E-state index contributed by atoms with van der Waals surface area (Å²) in [4.78, 5) is 31.6. The lowest BCUT2D eigenvalue weighted by Crippen LogP contribution is -2.23. The van der Waals surface area contributed by atoms with Gasteiger partial charge in [0.1, 0.15) is 0 Å². The van der Waals surface area contributed by atoms with E-state index >= 15 is 0 Å². The van der Waals surface area contributed by atoms with Crippen LogP contribution in [-0.2, 0) is 17.6 Å². The molecule has 0 unspecified atom stereocenters. The van der Waals surface area contributed by atoms with Crippen molar-refractivity contribution in [3.05, 3.63) is 40.4 Å². The average molecular weight is 327 g/mol. The zero-order chi connectivity index (χ0) is 15.8. The first-order chi connectivity index (χ1) is 11.2. The Labute approximate surface area is 138 Å². The van der Waals surface area contributed by atoms with Crippen LogP contribution >= 0.6 is 11.3 Å². The van der Waals surface area contributed by atoms with Crippen LogP contribution in [0.1, 0.15) is 40.2 Å². The van der Waals surface area contributed by atoms with Crippen LogP contribution < -0.4 is 10.2 Å². The number of benzene rings is 1. The maximum Gasteiger partial charge on any atom is 0.257 e. The van der Waals surface area contributed by atoms with Crippen molar-refractivity contribution in [2.24, 2.45) is 0 Å². The molecule has 118 valence electrons. The largest absolute Gasteiger partial charge is 0.312 e. The second-order valence-electron chi connectivity index (χ2n) is 5.89. The molecule has 0 atom stereocenters. The van der Waals surface area contributed by atoms with Crippen LogP contribution in [0.25, 0.3) is 0 Å². The number of anilines is 2. The van der Waals surface area contributed by atoms with E-state index in [9.17, 15) is 9.59 Å². The number of fused-ring (bicyclic) bond motifs is 1. The summed E-state index contributed by atoms with van der Waals surface area (Å²) in [6, 6.07) is 7.19. The molecule has 2 heterocycles. The Balaban J connectivity index is 1.46. The van der Waals surface area contributed by atoms with Crippen LogP contribution in [0.3, 0.4) is 0 Å². The first-order valence-corrected chi connectivity index (χ1v) is 8.73. The van der Waals surface area contributed by atoms with Gasteiger partial charge in [-0.3, -0.25) is 14.9 Å². The van der Waals surface area contributed by atoms with Gasteiger partial charge in [-0.05, 0) is 49.9 Å². The van der Waals surface area contributed by atoms with Gasteiger partial charge in [-0.15, -0.1) is 11.3 Å². The molecule has 1 aliphatic carbocycles. The van der Waals surface area contributed by atoms with Crippen molar-refractivity contribution in [1.29, 1.82) is 0 Å². The molecule has 1 fully saturated rings. The Morgan fingerprint density at radius 2 is 1.96 bits per heavy atom. The van der Waals surface area contributed by atoms with E-state index in [0.29, 0.717) is 17.1 Å². The Morgan fingerprint density at radius 3 is 2.65 bits per heavy atom. The third-order valence-corrected chi connectivity index (χ3v) is 5.40. The molecule has 1 aliphatic heterocycles. The maximum absolute atomic E-state index is 12.3. The van der Waals surface area contributed by atoms with Crippen LogP contribution in [0.2, 0.25) is 0 Å². The molecule has 1 aromatic carbocycles. The number of hydrogen-bond donors (Lipinski definition) is 1. The number of rotatable bonds is 3. The molecule has 1 N–H and O–H groups in total. The molecule has 6 heteroatoms. The van der Waals surface area contributed by atoms with Gasteiger partial charge in [0.15, 0.2) is 5.13 Å². The highest BCUT2D eigenvalue weighted by Crippen LogP contribution is 2.30. The van der Waals surface area contributed by atoms with Gasteiger partial charge in [0, 0.05) is 29.1 Å². The van der Waals surface area contributed by atoms with E-state index in [2.05, 4.69) is 10.3 Å². The molecule has 2 aliphatic rings. The number of thiazole rings is 1. The summed E-state index contributed by atoms with van der Waals surface area (Å²) >= 11 is 1.57. The minimum absolute atomic E-state index is 0.152. The molecule has 0 radical (unpaired) electrons.